The number of carbonyl (C=O) groups excluding carboxylic acids is 1. The van der Waals surface area contributed by atoms with E-state index in [9.17, 15) is 18.0 Å². The van der Waals surface area contributed by atoms with E-state index < -0.39 is 11.9 Å². The van der Waals surface area contributed by atoms with Crippen LogP contribution in [0, 0.1) is 0 Å². The lowest BCUT2D eigenvalue weighted by atomic mass is 10.1. The molecular weight excluding hydrogens is 379 g/mol. The number of carbonyl (C=O) groups is 1. The molecule has 0 saturated heterocycles. The number of halogens is 3. The number of nitrogens with zero attached hydrogens (tertiary/aromatic N) is 2. The molecule has 0 unspecified atom stereocenters. The Hall–Kier alpha value is -2.62. The van der Waals surface area contributed by atoms with E-state index in [1.54, 1.807) is 0 Å². The standard InChI is InChI=1S/C17H20F3N5OS/c1-21-16(24-10-15-25-13(11-27-15)17(18,19)20)23-9-14(26)22-8-7-12-5-3-2-4-6-12/h2-6,11H,7-10H2,1H3,(H,22,26)(H2,21,23,24). The van der Waals surface area contributed by atoms with Crippen LogP contribution in [0.1, 0.15) is 16.3 Å². The molecule has 0 fully saturated rings. The lowest BCUT2D eigenvalue weighted by molar-refractivity contribution is -0.140. The van der Waals surface area contributed by atoms with Gasteiger partial charge >= 0.3 is 6.18 Å². The Bertz CT molecular complexity index is 761. The number of thiazole rings is 1. The maximum atomic E-state index is 12.5. The lowest BCUT2D eigenvalue weighted by Crippen LogP contribution is -2.43. The smallest absolute Gasteiger partial charge is 0.354 e. The van der Waals surface area contributed by atoms with Crippen LogP contribution in [0.4, 0.5) is 13.2 Å². The Labute approximate surface area is 158 Å². The van der Waals surface area contributed by atoms with E-state index in [0.717, 1.165) is 28.7 Å². The van der Waals surface area contributed by atoms with Crippen molar-refractivity contribution in [3.63, 3.8) is 0 Å². The summed E-state index contributed by atoms with van der Waals surface area (Å²) in [5, 5.41) is 9.66. The van der Waals surface area contributed by atoms with Crippen molar-refractivity contribution in [2.75, 3.05) is 20.1 Å². The van der Waals surface area contributed by atoms with Gasteiger partial charge in [-0.15, -0.1) is 11.3 Å². The zero-order chi connectivity index (χ0) is 19.7. The van der Waals surface area contributed by atoms with Crippen LogP contribution in [-0.2, 0) is 23.9 Å². The first kappa shape index (κ1) is 20.7. The molecule has 27 heavy (non-hydrogen) atoms. The molecule has 6 nitrogen and oxygen atoms in total. The highest BCUT2D eigenvalue weighted by Crippen LogP contribution is 2.29. The first-order valence-electron chi connectivity index (χ1n) is 8.15. The normalized spacial score (nSPS) is 11.9. The summed E-state index contributed by atoms with van der Waals surface area (Å²) in [5.74, 6) is 0.0967. The summed E-state index contributed by atoms with van der Waals surface area (Å²) in [6, 6.07) is 9.78. The van der Waals surface area contributed by atoms with Crippen LogP contribution in [0.3, 0.4) is 0 Å². The molecule has 3 N–H and O–H groups in total. The van der Waals surface area contributed by atoms with Crippen molar-refractivity contribution in [1.82, 2.24) is 20.9 Å². The molecule has 0 aliphatic rings. The molecule has 0 spiro atoms. The summed E-state index contributed by atoms with van der Waals surface area (Å²) in [6.07, 6.45) is -3.72. The predicted octanol–water partition coefficient (Wildman–Crippen LogP) is 2.19. The van der Waals surface area contributed by atoms with Crippen LogP contribution >= 0.6 is 11.3 Å². The minimum Gasteiger partial charge on any atom is -0.354 e. The van der Waals surface area contributed by atoms with Crippen LogP contribution in [0.15, 0.2) is 40.7 Å². The van der Waals surface area contributed by atoms with Gasteiger partial charge in [0.25, 0.3) is 0 Å². The van der Waals surface area contributed by atoms with E-state index in [1.165, 1.54) is 7.05 Å². The third-order valence-corrected chi connectivity index (χ3v) is 4.32. The topological polar surface area (TPSA) is 78.4 Å². The summed E-state index contributed by atoms with van der Waals surface area (Å²) >= 11 is 0.907. The van der Waals surface area contributed by atoms with Gasteiger partial charge in [0.15, 0.2) is 11.7 Å². The number of hydrogen-bond acceptors (Lipinski definition) is 4. The summed E-state index contributed by atoms with van der Waals surface area (Å²) in [5.41, 5.74) is 0.218. The van der Waals surface area contributed by atoms with Gasteiger partial charge in [-0.1, -0.05) is 30.3 Å². The van der Waals surface area contributed by atoms with Gasteiger partial charge in [0, 0.05) is 19.0 Å². The molecular formula is C17H20F3N5OS. The molecule has 2 rings (SSSR count). The molecule has 0 saturated carbocycles. The molecule has 1 amide bonds. The third kappa shape index (κ3) is 7.26. The number of benzene rings is 1. The number of guanidine groups is 1. The number of nitrogens with one attached hydrogen (secondary N) is 3. The first-order valence-corrected chi connectivity index (χ1v) is 9.03. The van der Waals surface area contributed by atoms with E-state index in [0.29, 0.717) is 12.5 Å². The molecule has 10 heteroatoms. The van der Waals surface area contributed by atoms with Crippen LogP contribution in [0.2, 0.25) is 0 Å². The fourth-order valence-electron chi connectivity index (χ4n) is 2.12. The van der Waals surface area contributed by atoms with Crippen molar-refractivity contribution in [3.8, 4) is 0 Å². The Morgan fingerprint density at radius 2 is 1.93 bits per heavy atom. The van der Waals surface area contributed by atoms with Gasteiger partial charge in [0.1, 0.15) is 5.01 Å². The van der Waals surface area contributed by atoms with E-state index in [-0.39, 0.29) is 24.0 Å². The Balaban J connectivity index is 1.69. The fourth-order valence-corrected chi connectivity index (χ4v) is 2.86. The van der Waals surface area contributed by atoms with E-state index in [1.807, 2.05) is 30.3 Å². The van der Waals surface area contributed by atoms with Crippen molar-refractivity contribution < 1.29 is 18.0 Å². The second-order valence-corrected chi connectivity index (χ2v) is 6.43. The minimum absolute atomic E-state index is 0.000132. The SMILES string of the molecule is CN=C(NCC(=O)NCCc1ccccc1)NCc1nc(C(F)(F)F)cs1. The molecule has 0 radical (unpaired) electrons. The molecule has 0 aliphatic heterocycles. The summed E-state index contributed by atoms with van der Waals surface area (Å²) < 4.78 is 37.6. The van der Waals surface area contributed by atoms with Crippen molar-refractivity contribution in [2.45, 2.75) is 19.1 Å². The maximum absolute atomic E-state index is 12.5. The van der Waals surface area contributed by atoms with Gasteiger partial charge in [0.2, 0.25) is 5.91 Å². The third-order valence-electron chi connectivity index (χ3n) is 3.47. The van der Waals surface area contributed by atoms with Gasteiger partial charge in [-0.25, -0.2) is 4.98 Å². The van der Waals surface area contributed by atoms with Gasteiger partial charge < -0.3 is 16.0 Å². The number of rotatable bonds is 7. The van der Waals surface area contributed by atoms with Crippen molar-refractivity contribution >= 4 is 23.2 Å². The number of hydrogen-bond donors (Lipinski definition) is 3. The zero-order valence-electron chi connectivity index (χ0n) is 14.6. The van der Waals surface area contributed by atoms with Crippen molar-refractivity contribution in [1.29, 1.82) is 0 Å². The van der Waals surface area contributed by atoms with Crippen LogP contribution < -0.4 is 16.0 Å². The molecule has 146 valence electrons. The average molecular weight is 399 g/mol. The molecule has 1 heterocycles. The van der Waals surface area contributed by atoms with E-state index in [4.69, 9.17) is 0 Å². The van der Waals surface area contributed by atoms with E-state index >= 15 is 0 Å². The Morgan fingerprint density at radius 1 is 1.19 bits per heavy atom. The monoisotopic (exact) mass is 399 g/mol. The largest absolute Gasteiger partial charge is 0.434 e. The Morgan fingerprint density at radius 3 is 2.56 bits per heavy atom. The highest BCUT2D eigenvalue weighted by Gasteiger charge is 2.33. The summed E-state index contributed by atoms with van der Waals surface area (Å²) in [6.45, 7) is 0.589. The molecule has 0 atom stereocenters. The molecule has 0 bridgehead atoms. The van der Waals surface area contributed by atoms with Gasteiger partial charge in [-0.05, 0) is 12.0 Å². The molecule has 2 aromatic rings. The Kier molecular flexibility index (Phi) is 7.59. The molecule has 0 aliphatic carbocycles. The van der Waals surface area contributed by atoms with Crippen molar-refractivity contribution in [3.05, 3.63) is 52.0 Å². The molecule has 1 aromatic carbocycles. The summed E-state index contributed by atoms with van der Waals surface area (Å²) in [4.78, 5) is 19.3. The van der Waals surface area contributed by atoms with Crippen LogP contribution in [0.25, 0.3) is 0 Å². The fraction of sp³-hybridized carbons (Fsp3) is 0.353. The van der Waals surface area contributed by atoms with Crippen LogP contribution in [-0.4, -0.2) is 37.0 Å². The summed E-state index contributed by atoms with van der Waals surface area (Å²) in [7, 11) is 1.51. The first-order chi connectivity index (χ1) is 12.9. The second-order valence-electron chi connectivity index (χ2n) is 5.49. The minimum atomic E-state index is -4.45. The number of aromatic nitrogens is 1. The number of amides is 1. The molecule has 1 aromatic heterocycles. The quantitative estimate of drug-likeness (QED) is 0.493. The average Bonchev–Trinajstić information content (AvgIpc) is 3.12. The van der Waals surface area contributed by atoms with Gasteiger partial charge in [-0.2, -0.15) is 13.2 Å². The van der Waals surface area contributed by atoms with Crippen LogP contribution in [0.5, 0.6) is 0 Å². The van der Waals surface area contributed by atoms with E-state index in [2.05, 4.69) is 25.9 Å². The number of aliphatic imine (C=N–C) groups is 1. The maximum Gasteiger partial charge on any atom is 0.434 e. The highest BCUT2D eigenvalue weighted by atomic mass is 32.1. The van der Waals surface area contributed by atoms with Crippen molar-refractivity contribution in [2.24, 2.45) is 4.99 Å². The highest BCUT2D eigenvalue weighted by molar-refractivity contribution is 7.09. The lowest BCUT2D eigenvalue weighted by Gasteiger charge is -2.11. The number of alkyl halides is 3. The second kappa shape index (κ2) is 9.91. The van der Waals surface area contributed by atoms with Gasteiger partial charge in [0.05, 0.1) is 13.1 Å². The van der Waals surface area contributed by atoms with Gasteiger partial charge in [-0.3, -0.25) is 9.79 Å². The zero-order valence-corrected chi connectivity index (χ0v) is 15.5. The predicted molar refractivity (Wildman–Crippen MR) is 98.5 cm³/mol.